The molecule has 3 aromatic rings. The molecule has 136 valence electrons. The maximum absolute atomic E-state index is 12.1. The first kappa shape index (κ1) is 17.1. The summed E-state index contributed by atoms with van der Waals surface area (Å²) in [5.74, 6) is -2.13. The normalized spacial score (nSPS) is 22.7. The maximum atomic E-state index is 12.1. The number of aliphatic carboxylic acids is 1. The molecule has 2 aromatic carbocycles. The van der Waals surface area contributed by atoms with E-state index in [4.69, 9.17) is 9.15 Å². The maximum Gasteiger partial charge on any atom is 0.314 e. The minimum absolute atomic E-state index is 0.0431. The molecule has 6 heteroatoms. The van der Waals surface area contributed by atoms with Gasteiger partial charge >= 0.3 is 5.97 Å². The Morgan fingerprint density at radius 2 is 2.11 bits per heavy atom. The first-order chi connectivity index (χ1) is 13.0. The Morgan fingerprint density at radius 3 is 2.81 bits per heavy atom. The lowest BCUT2D eigenvalue weighted by Crippen LogP contribution is -2.40. The van der Waals surface area contributed by atoms with Gasteiger partial charge in [0.25, 0.3) is 0 Å². The molecule has 0 bridgehead atoms. The molecule has 0 spiro atoms. The molecule has 0 radical (unpaired) electrons. The van der Waals surface area contributed by atoms with Gasteiger partial charge in [-0.1, -0.05) is 24.3 Å². The van der Waals surface area contributed by atoms with Crippen molar-refractivity contribution in [2.24, 2.45) is 5.92 Å². The predicted molar refractivity (Wildman–Crippen MR) is 97.5 cm³/mol. The summed E-state index contributed by atoms with van der Waals surface area (Å²) in [5.41, 5.74) is 0.792. The number of benzene rings is 2. The first-order valence-electron chi connectivity index (χ1n) is 8.66. The third-order valence-corrected chi connectivity index (χ3v) is 5.48. The third kappa shape index (κ3) is 2.47. The Morgan fingerprint density at radius 1 is 1.33 bits per heavy atom. The molecule has 2 unspecified atom stereocenters. The third-order valence-electron chi connectivity index (χ3n) is 5.48. The molecular weight excluding hydrogens is 346 g/mol. The van der Waals surface area contributed by atoms with E-state index < -0.39 is 17.3 Å². The quantitative estimate of drug-likeness (QED) is 0.710. The second-order valence-corrected chi connectivity index (χ2v) is 6.87. The highest BCUT2D eigenvalue weighted by Crippen LogP contribution is 2.47. The van der Waals surface area contributed by atoms with E-state index >= 15 is 0 Å². The van der Waals surface area contributed by atoms with E-state index in [-0.39, 0.29) is 25.0 Å². The number of methoxy groups -OCH3 is 1. The fourth-order valence-electron chi connectivity index (χ4n) is 4.07. The number of hydrogen-bond acceptors (Lipinski definition) is 5. The Bertz CT molecular complexity index is 1120. The number of rotatable bonds is 3. The summed E-state index contributed by atoms with van der Waals surface area (Å²) in [6.45, 7) is 0. The highest BCUT2D eigenvalue weighted by atomic mass is 16.5. The average molecular weight is 363 g/mol. The molecule has 6 nitrogen and oxygen atoms in total. The fraction of sp³-hybridized carbons (Fsp3) is 0.286. The number of ether oxygens (including phenoxy) is 1. The first-order valence-corrected chi connectivity index (χ1v) is 8.66. The molecule has 4 rings (SSSR count). The Labute approximate surface area is 154 Å². The lowest BCUT2D eigenvalue weighted by molar-refractivity contribution is -0.148. The minimum Gasteiger partial charge on any atom is -0.493 e. The van der Waals surface area contributed by atoms with E-state index in [9.17, 15) is 20.0 Å². The van der Waals surface area contributed by atoms with Crippen molar-refractivity contribution in [2.75, 3.05) is 7.11 Å². The molecule has 1 N–H and O–H groups in total. The van der Waals surface area contributed by atoms with E-state index in [1.165, 1.54) is 0 Å². The zero-order valence-electron chi connectivity index (χ0n) is 14.7. The molecule has 0 amide bonds. The number of carboxylic acid groups (broad SMARTS) is 1. The van der Waals surface area contributed by atoms with Gasteiger partial charge in [0.15, 0.2) is 11.3 Å². The van der Waals surface area contributed by atoms with Gasteiger partial charge in [-0.25, -0.2) is 0 Å². The van der Waals surface area contributed by atoms with Gasteiger partial charge in [-0.3, -0.25) is 9.59 Å². The summed E-state index contributed by atoms with van der Waals surface area (Å²) in [6, 6.07) is 13.3. The molecular formula is C21H17NO5. The van der Waals surface area contributed by atoms with Crippen molar-refractivity contribution in [3.05, 3.63) is 42.0 Å². The standard InChI is InChI=1S/C21H17NO5/c1-26-17-7-6-14(18-12-4-2-3-5-16(12)27-19(17)18)21(11-22)9-8-15(23)13(10-21)20(24)25/h2-7,13H,8-10H2,1H3,(H,24,25). The van der Waals surface area contributed by atoms with Crippen molar-refractivity contribution >= 4 is 33.7 Å². The Kier molecular flexibility index (Phi) is 3.88. The number of ketones is 1. The van der Waals surface area contributed by atoms with Crippen LogP contribution in [0.3, 0.4) is 0 Å². The van der Waals surface area contributed by atoms with Crippen molar-refractivity contribution < 1.29 is 23.8 Å². The zero-order valence-corrected chi connectivity index (χ0v) is 14.7. The number of nitriles is 1. The SMILES string of the molecule is COc1ccc(C2(C#N)CCC(=O)C(C(=O)O)C2)c2c1oc1ccccc12. The van der Waals surface area contributed by atoms with Crippen molar-refractivity contribution in [1.82, 2.24) is 0 Å². The van der Waals surface area contributed by atoms with E-state index in [0.717, 1.165) is 10.8 Å². The summed E-state index contributed by atoms with van der Waals surface area (Å²) >= 11 is 0. The molecule has 0 aliphatic heterocycles. The molecule has 2 atom stereocenters. The van der Waals surface area contributed by atoms with Gasteiger partial charge in [0.2, 0.25) is 0 Å². The van der Waals surface area contributed by atoms with Crippen LogP contribution in [0.25, 0.3) is 21.9 Å². The molecule has 1 fully saturated rings. The largest absolute Gasteiger partial charge is 0.493 e. The summed E-state index contributed by atoms with van der Waals surface area (Å²) in [5, 5.41) is 21.1. The molecule has 1 heterocycles. The van der Waals surface area contributed by atoms with Crippen LogP contribution in [0.4, 0.5) is 0 Å². The number of carboxylic acids is 1. The minimum atomic E-state index is -1.18. The second kappa shape index (κ2) is 6.13. The number of carbonyl (C=O) groups excluding carboxylic acids is 1. The fourth-order valence-corrected chi connectivity index (χ4v) is 4.07. The molecule has 1 aromatic heterocycles. The topological polar surface area (TPSA) is 101 Å². The summed E-state index contributed by atoms with van der Waals surface area (Å²) in [4.78, 5) is 23.6. The van der Waals surface area contributed by atoms with Crippen LogP contribution in [0.2, 0.25) is 0 Å². The predicted octanol–water partition coefficient (Wildman–Crippen LogP) is 3.81. The van der Waals surface area contributed by atoms with Crippen molar-refractivity contribution in [2.45, 2.75) is 24.7 Å². The number of para-hydroxylation sites is 1. The van der Waals surface area contributed by atoms with Crippen molar-refractivity contribution in [3.8, 4) is 11.8 Å². The lowest BCUT2D eigenvalue weighted by atomic mass is 9.65. The lowest BCUT2D eigenvalue weighted by Gasteiger charge is -2.34. The number of Topliss-reactive ketones (excluding diaryl/α,β-unsaturated/α-hetero) is 1. The Balaban J connectivity index is 2.01. The van der Waals surface area contributed by atoms with Gasteiger partial charge in [0.05, 0.1) is 18.6 Å². The molecule has 1 aliphatic carbocycles. The number of hydrogen-bond donors (Lipinski definition) is 1. The van der Waals surface area contributed by atoms with Crippen LogP contribution in [-0.2, 0) is 15.0 Å². The Hall–Kier alpha value is -3.33. The molecule has 27 heavy (non-hydrogen) atoms. The van der Waals surface area contributed by atoms with Gasteiger partial charge < -0.3 is 14.3 Å². The summed E-state index contributed by atoms with van der Waals surface area (Å²) in [7, 11) is 1.54. The highest BCUT2D eigenvalue weighted by Gasteiger charge is 2.46. The van der Waals surface area contributed by atoms with Gasteiger partial charge in [0.1, 0.15) is 17.3 Å². The van der Waals surface area contributed by atoms with Crippen LogP contribution in [0.1, 0.15) is 24.8 Å². The van der Waals surface area contributed by atoms with Crippen LogP contribution < -0.4 is 4.74 Å². The number of furan rings is 1. The molecule has 1 saturated carbocycles. The smallest absolute Gasteiger partial charge is 0.314 e. The van der Waals surface area contributed by atoms with Gasteiger partial charge in [-0.15, -0.1) is 0 Å². The van der Waals surface area contributed by atoms with Crippen LogP contribution in [0.5, 0.6) is 5.75 Å². The van der Waals surface area contributed by atoms with Crippen LogP contribution >= 0.6 is 0 Å². The van der Waals surface area contributed by atoms with Gasteiger partial charge in [0, 0.05) is 17.2 Å². The zero-order chi connectivity index (χ0) is 19.2. The number of fused-ring (bicyclic) bond motifs is 3. The van der Waals surface area contributed by atoms with E-state index in [2.05, 4.69) is 6.07 Å². The second-order valence-electron chi connectivity index (χ2n) is 6.87. The summed E-state index contributed by atoms with van der Waals surface area (Å²) in [6.07, 6.45) is 0.305. The van der Waals surface area contributed by atoms with E-state index in [1.807, 2.05) is 24.3 Å². The van der Waals surface area contributed by atoms with Crippen LogP contribution in [-0.4, -0.2) is 24.0 Å². The molecule has 0 saturated heterocycles. The van der Waals surface area contributed by atoms with Crippen molar-refractivity contribution in [3.63, 3.8) is 0 Å². The number of nitrogens with zero attached hydrogens (tertiary/aromatic N) is 1. The van der Waals surface area contributed by atoms with Gasteiger partial charge in [-0.05, 0) is 30.5 Å². The van der Waals surface area contributed by atoms with E-state index in [0.29, 0.717) is 22.5 Å². The molecule has 1 aliphatic rings. The number of carbonyl (C=O) groups is 2. The summed E-state index contributed by atoms with van der Waals surface area (Å²) < 4.78 is 11.4. The monoisotopic (exact) mass is 363 g/mol. The van der Waals surface area contributed by atoms with Gasteiger partial charge in [-0.2, -0.15) is 5.26 Å². The van der Waals surface area contributed by atoms with Crippen LogP contribution in [0.15, 0.2) is 40.8 Å². The van der Waals surface area contributed by atoms with Crippen molar-refractivity contribution in [1.29, 1.82) is 5.26 Å². The van der Waals surface area contributed by atoms with Crippen LogP contribution in [0, 0.1) is 17.2 Å². The van der Waals surface area contributed by atoms with E-state index in [1.54, 1.807) is 19.2 Å². The average Bonchev–Trinajstić information content (AvgIpc) is 3.07. The highest BCUT2D eigenvalue weighted by molar-refractivity contribution is 6.09.